The van der Waals surface area contributed by atoms with Crippen molar-refractivity contribution in [1.29, 1.82) is 5.41 Å². The van der Waals surface area contributed by atoms with Crippen LogP contribution in [-0.2, 0) is 114 Å². The molecule has 3 aliphatic heterocycles. The van der Waals surface area contributed by atoms with Gasteiger partial charge in [0.15, 0.2) is 12.6 Å². The van der Waals surface area contributed by atoms with Crippen LogP contribution in [0.15, 0.2) is 162 Å². The number of alkyl carbamates (subject to hydrolysis) is 1. The maximum Gasteiger partial charge on any atom is 0.407 e. The summed E-state index contributed by atoms with van der Waals surface area (Å²) in [5, 5.41) is 19.7. The van der Waals surface area contributed by atoms with Gasteiger partial charge in [0.25, 0.3) is 3.79 Å². The van der Waals surface area contributed by atoms with Crippen LogP contribution in [0.2, 0.25) is 0 Å². The second kappa shape index (κ2) is 35.2. The van der Waals surface area contributed by atoms with E-state index in [1.54, 1.807) is 106 Å². The van der Waals surface area contributed by atoms with Gasteiger partial charge in [0.1, 0.15) is 99.5 Å². The Labute approximate surface area is 557 Å². The van der Waals surface area contributed by atoms with Crippen molar-refractivity contribution >= 4 is 64.7 Å². The van der Waals surface area contributed by atoms with E-state index >= 15 is 0 Å². The predicted octanol–water partition coefficient (Wildman–Crippen LogP) is 11.0. The Morgan fingerprint density at radius 1 is 0.489 bits per heavy atom. The Balaban J connectivity index is 1.27. The molecule has 8 rings (SSSR count). The van der Waals surface area contributed by atoms with E-state index in [0.29, 0.717) is 16.7 Å². The minimum Gasteiger partial charge on any atom is -0.463 e. The Morgan fingerprint density at radius 2 is 0.840 bits per heavy atom. The summed E-state index contributed by atoms with van der Waals surface area (Å²) in [6.07, 6.45) is -19.3. The van der Waals surface area contributed by atoms with Gasteiger partial charge in [-0.15, -0.1) is 0 Å². The number of rotatable bonds is 28. The number of benzene rings is 5. The number of hydrogen-bond acceptors (Lipinski definition) is 21. The first kappa shape index (κ1) is 72.2. The third kappa shape index (κ3) is 21.2. The van der Waals surface area contributed by atoms with Crippen LogP contribution in [0, 0.1) is 10.8 Å². The Morgan fingerprint density at radius 3 is 1.24 bits per heavy atom. The number of hydrogen-bond donors (Lipinski definition) is 2. The molecule has 0 bridgehead atoms. The van der Waals surface area contributed by atoms with Gasteiger partial charge in [-0.25, -0.2) is 4.79 Å². The normalized spacial score (nSPS) is 26.0. The summed E-state index contributed by atoms with van der Waals surface area (Å²) in [6.45, 7) is 4.96. The van der Waals surface area contributed by atoms with E-state index in [-0.39, 0.29) is 33.0 Å². The largest absolute Gasteiger partial charge is 0.463 e. The standard InChI is InChI=1S/C65H73Cl3N8O18/c1-39(77)81-36-47-53(92-58-49(72-63(80)88-35-45-29-19-10-20-30-45)55(84-32-42-23-13-7-14-24-42)52(83-31-41-21-11-6-12-22-41)46(89-58)38-87-62(79)64(3,4)5)56(85-33-43-25-15-8-16-26-43)50(73-75-70)59(90-47)93-54-48(37-82-40(2)78)91-60(94-61(69)65(66,67)68)51(74-76-71)57(54)86-34-44-27-17-9-18-28-44/h6-30,46-60,69H,31-38H2,1-5H3,(H,72,80)/t46-,47-,48-,49-,50-,51-,52-,53-,54-,55-,56-,57-,58+,59+,60-/m1/s1. The second-order valence-corrected chi connectivity index (χ2v) is 25.2. The van der Waals surface area contributed by atoms with Gasteiger partial charge < -0.3 is 71.6 Å². The van der Waals surface area contributed by atoms with E-state index < -0.39 is 151 Å². The zero-order valence-electron chi connectivity index (χ0n) is 51.9. The number of esters is 3. The SMILES string of the molecule is CC(=O)OC[C@H]1O[C@H](OC(=N)C(Cl)(Cl)Cl)[C@H](N=[N+]=[N-])[C@@H](OCc2ccccc2)[C@@H]1O[C@@H]1O[C@H](COC(C)=O)[C@@H](O[C@@H]2O[C@H](COC(=O)C(C)(C)C)[C@@H](OCc3ccccc3)[C@H](OCc3ccccc3)[C@H]2NC(=O)OCc2ccccc2)[C@H](OCc2ccccc2)[C@H]1N=[N+]=[N-]. The number of carbonyl (C=O) groups excluding carboxylic acids is 4. The van der Waals surface area contributed by atoms with Gasteiger partial charge in [-0.2, -0.15) is 0 Å². The highest BCUT2D eigenvalue weighted by molar-refractivity contribution is 6.76. The molecule has 26 nitrogen and oxygen atoms in total. The maximum atomic E-state index is 14.5. The minimum atomic E-state index is -2.45. The molecule has 5 aromatic carbocycles. The quantitative estimate of drug-likeness (QED) is 0.00687. The molecule has 3 aliphatic rings. The smallest absolute Gasteiger partial charge is 0.407 e. The van der Waals surface area contributed by atoms with Gasteiger partial charge in [0.05, 0.1) is 31.8 Å². The summed E-state index contributed by atoms with van der Waals surface area (Å²) < 4.78 is 87.8. The van der Waals surface area contributed by atoms with Crippen LogP contribution in [0.1, 0.15) is 62.4 Å². The van der Waals surface area contributed by atoms with Crippen molar-refractivity contribution in [3.8, 4) is 0 Å². The highest BCUT2D eigenvalue weighted by Crippen LogP contribution is 2.40. The zero-order valence-corrected chi connectivity index (χ0v) is 54.2. The van der Waals surface area contributed by atoms with Gasteiger partial charge in [0, 0.05) is 23.7 Å². The maximum absolute atomic E-state index is 14.5. The number of amides is 1. The number of ether oxygens (including phenoxy) is 14. The summed E-state index contributed by atoms with van der Waals surface area (Å²) in [7, 11) is 0. The fourth-order valence-corrected chi connectivity index (χ4v) is 10.4. The van der Waals surface area contributed by atoms with E-state index in [1.165, 1.54) is 0 Å². The summed E-state index contributed by atoms with van der Waals surface area (Å²) in [6, 6.07) is 40.3. The molecule has 0 aliphatic carbocycles. The van der Waals surface area contributed by atoms with Gasteiger partial charge in [0.2, 0.25) is 12.2 Å². The third-order valence-corrected chi connectivity index (χ3v) is 15.4. The molecule has 15 atom stereocenters. The van der Waals surface area contributed by atoms with E-state index in [4.69, 9.17) is 107 Å². The average molecular weight is 1360 g/mol. The number of nitrogens with one attached hydrogen (secondary N) is 2. The van der Waals surface area contributed by atoms with Crippen LogP contribution in [0.3, 0.4) is 0 Å². The van der Waals surface area contributed by atoms with Crippen LogP contribution in [0.5, 0.6) is 0 Å². The monoisotopic (exact) mass is 1360 g/mol. The number of nitrogens with zero attached hydrogens (tertiary/aromatic N) is 6. The highest BCUT2D eigenvalue weighted by Gasteiger charge is 2.57. The fourth-order valence-electron chi connectivity index (χ4n) is 10.3. The molecule has 29 heteroatoms. The van der Waals surface area contributed by atoms with Crippen molar-refractivity contribution in [2.75, 3.05) is 19.8 Å². The van der Waals surface area contributed by atoms with Crippen molar-refractivity contribution in [1.82, 2.24) is 5.32 Å². The first-order valence-corrected chi connectivity index (χ1v) is 31.0. The molecular formula is C65H73Cl3N8O18. The molecule has 3 heterocycles. The molecule has 0 aromatic heterocycles. The Kier molecular flexibility index (Phi) is 27.1. The van der Waals surface area contributed by atoms with E-state index in [9.17, 15) is 30.2 Å². The lowest BCUT2D eigenvalue weighted by molar-refractivity contribution is -0.357. The summed E-state index contributed by atoms with van der Waals surface area (Å²) in [5.74, 6) is -3.09. The lowest BCUT2D eigenvalue weighted by atomic mass is 9.93. The Bertz CT molecular complexity index is 3340. The molecule has 0 radical (unpaired) electrons. The molecule has 3 fully saturated rings. The third-order valence-electron chi connectivity index (χ3n) is 14.9. The van der Waals surface area contributed by atoms with Crippen molar-refractivity contribution in [2.24, 2.45) is 15.6 Å². The number of azide groups is 2. The van der Waals surface area contributed by atoms with Crippen molar-refractivity contribution in [3.63, 3.8) is 0 Å². The highest BCUT2D eigenvalue weighted by atomic mass is 35.6. The van der Waals surface area contributed by atoms with Crippen LogP contribution in [0.4, 0.5) is 4.79 Å². The van der Waals surface area contributed by atoms with E-state index in [0.717, 1.165) is 25.0 Å². The number of halogens is 3. The first-order valence-electron chi connectivity index (χ1n) is 29.9. The molecule has 1 amide bonds. The molecule has 94 heavy (non-hydrogen) atoms. The summed E-state index contributed by atoms with van der Waals surface area (Å²) in [4.78, 5) is 60.2. The number of carbonyl (C=O) groups is 4. The van der Waals surface area contributed by atoms with Gasteiger partial charge in [-0.1, -0.05) is 197 Å². The molecular weight excluding hydrogens is 1290 g/mol. The molecule has 3 saturated heterocycles. The van der Waals surface area contributed by atoms with E-state index in [2.05, 4.69) is 25.4 Å². The van der Waals surface area contributed by atoms with E-state index in [1.807, 2.05) is 66.7 Å². The molecule has 0 saturated carbocycles. The van der Waals surface area contributed by atoms with Crippen molar-refractivity contribution in [3.05, 3.63) is 200 Å². The van der Waals surface area contributed by atoms with Crippen LogP contribution in [0.25, 0.3) is 20.9 Å². The molecule has 0 spiro atoms. The fraction of sp³-hybridized carbons (Fsp3) is 0.462. The predicted molar refractivity (Wildman–Crippen MR) is 338 cm³/mol. The minimum absolute atomic E-state index is 0.0199. The van der Waals surface area contributed by atoms with Gasteiger partial charge >= 0.3 is 24.0 Å². The van der Waals surface area contributed by atoms with Gasteiger partial charge in [-0.3, -0.25) is 19.8 Å². The van der Waals surface area contributed by atoms with Crippen LogP contribution >= 0.6 is 34.8 Å². The van der Waals surface area contributed by atoms with Crippen molar-refractivity contribution in [2.45, 2.75) is 163 Å². The molecule has 5 aromatic rings. The lowest BCUT2D eigenvalue weighted by Crippen LogP contribution is -2.69. The molecule has 0 unspecified atom stereocenters. The van der Waals surface area contributed by atoms with Crippen LogP contribution in [-0.4, -0.2) is 145 Å². The molecule has 2 N–H and O–H groups in total. The number of alkyl halides is 3. The molecule has 502 valence electrons. The average Bonchev–Trinajstić information content (AvgIpc) is 0.769. The van der Waals surface area contributed by atoms with Crippen molar-refractivity contribution < 1.29 is 85.5 Å². The Hall–Kier alpha value is -7.62. The first-order chi connectivity index (χ1) is 45.2. The summed E-state index contributed by atoms with van der Waals surface area (Å²) in [5.41, 5.74) is 23.2. The zero-order chi connectivity index (χ0) is 67.2. The van der Waals surface area contributed by atoms with Gasteiger partial charge in [-0.05, 0) is 59.7 Å². The topological polar surface area (TPSA) is 331 Å². The second-order valence-electron chi connectivity index (χ2n) is 22.9. The van der Waals surface area contributed by atoms with Crippen LogP contribution < -0.4 is 5.32 Å². The summed E-state index contributed by atoms with van der Waals surface area (Å²) >= 11 is 18.2. The lowest BCUT2D eigenvalue weighted by Gasteiger charge is -2.51.